The number of rotatable bonds is 13. The van der Waals surface area contributed by atoms with Crippen LogP contribution in [0.2, 0.25) is 0 Å². The molecular weight excluding hydrogens is 624 g/mol. The van der Waals surface area contributed by atoms with Crippen LogP contribution in [0.1, 0.15) is 62.9 Å². The van der Waals surface area contributed by atoms with Gasteiger partial charge >= 0.3 is 0 Å². The van der Waals surface area contributed by atoms with Crippen molar-refractivity contribution in [2.24, 2.45) is 0 Å². The maximum atomic E-state index is 14.1. The number of carbonyl (C=O) groups is 1. The summed E-state index contributed by atoms with van der Waals surface area (Å²) in [4.78, 5) is 34.4. The van der Waals surface area contributed by atoms with Crippen molar-refractivity contribution in [2.45, 2.75) is 52.0 Å². The molecule has 0 radical (unpaired) electrons. The highest BCUT2D eigenvalue weighted by atomic mass is 16.5. The Morgan fingerprint density at radius 1 is 1.00 bits per heavy atom. The summed E-state index contributed by atoms with van der Waals surface area (Å²) in [5, 5.41) is 13.7. The van der Waals surface area contributed by atoms with Gasteiger partial charge in [-0.05, 0) is 55.2 Å². The molecule has 1 aliphatic heterocycles. The van der Waals surface area contributed by atoms with Crippen molar-refractivity contribution in [3.63, 3.8) is 0 Å². The fraction of sp³-hybridized carbons (Fsp3) is 0.324. The van der Waals surface area contributed by atoms with Gasteiger partial charge in [0, 0.05) is 53.5 Å². The van der Waals surface area contributed by atoms with Crippen LogP contribution in [0.5, 0.6) is 17.4 Å². The number of fused-ring (bicyclic) bond motifs is 3. The molecule has 1 amide bonds. The molecule has 0 bridgehead atoms. The minimum atomic E-state index is -0.248. The summed E-state index contributed by atoms with van der Waals surface area (Å²) in [6, 6.07) is 15.3. The van der Waals surface area contributed by atoms with Gasteiger partial charge in [-0.25, -0.2) is 19.9 Å². The molecular formula is C37H38N6O6. The number of aliphatic hydroxyl groups is 1. The predicted octanol–water partition coefficient (Wildman–Crippen LogP) is 5.48. The Balaban J connectivity index is 1.21. The number of carbonyl (C=O) groups excluding carboxylic acids is 1. The average molecular weight is 663 g/mol. The van der Waals surface area contributed by atoms with E-state index in [9.17, 15) is 9.90 Å². The third kappa shape index (κ3) is 6.83. The Morgan fingerprint density at radius 2 is 1.82 bits per heavy atom. The molecule has 1 fully saturated rings. The van der Waals surface area contributed by atoms with E-state index in [1.807, 2.05) is 43.3 Å². The van der Waals surface area contributed by atoms with Crippen LogP contribution in [0.3, 0.4) is 0 Å². The van der Waals surface area contributed by atoms with Gasteiger partial charge in [-0.1, -0.05) is 12.1 Å². The van der Waals surface area contributed by atoms with Gasteiger partial charge in [-0.2, -0.15) is 0 Å². The van der Waals surface area contributed by atoms with Gasteiger partial charge in [0.2, 0.25) is 5.88 Å². The lowest BCUT2D eigenvalue weighted by molar-refractivity contribution is 0.0984. The molecule has 2 N–H and O–H groups in total. The highest BCUT2D eigenvalue weighted by molar-refractivity contribution is 6.06. The lowest BCUT2D eigenvalue weighted by atomic mass is 10.0. The first-order valence-electron chi connectivity index (χ1n) is 16.3. The number of benzene rings is 2. The van der Waals surface area contributed by atoms with Crippen molar-refractivity contribution < 1.29 is 28.8 Å². The minimum absolute atomic E-state index is 0.123. The summed E-state index contributed by atoms with van der Waals surface area (Å²) >= 11 is 0. The number of amides is 1. The lowest BCUT2D eigenvalue weighted by Crippen LogP contribution is -2.31. The molecule has 1 aliphatic carbocycles. The number of hydrogen-bond acceptors (Lipinski definition) is 11. The number of pyridine rings is 2. The van der Waals surface area contributed by atoms with E-state index in [1.165, 1.54) is 0 Å². The van der Waals surface area contributed by atoms with E-state index in [-0.39, 0.29) is 25.7 Å². The SMILES string of the molecule is COc1ccc(CNc2nc3cc(CN(C(=O)c4cnc(C5CC5)nc4)c4ccc(OCCO)nc4C)ccc3c3c2COC3)c(OC)c1. The van der Waals surface area contributed by atoms with E-state index < -0.39 is 0 Å². The molecule has 49 heavy (non-hydrogen) atoms. The summed E-state index contributed by atoms with van der Waals surface area (Å²) in [5.74, 6) is 3.47. The van der Waals surface area contributed by atoms with Crippen LogP contribution in [0.15, 0.2) is 60.9 Å². The van der Waals surface area contributed by atoms with Crippen molar-refractivity contribution in [3.8, 4) is 17.4 Å². The molecule has 252 valence electrons. The highest BCUT2D eigenvalue weighted by Crippen LogP contribution is 2.38. The highest BCUT2D eigenvalue weighted by Gasteiger charge is 2.28. The molecule has 2 aliphatic rings. The van der Waals surface area contributed by atoms with Gasteiger partial charge in [0.05, 0.1) is 63.0 Å². The summed E-state index contributed by atoms with van der Waals surface area (Å²) in [6.45, 7) is 3.53. The maximum Gasteiger partial charge on any atom is 0.261 e. The molecule has 0 saturated heterocycles. The van der Waals surface area contributed by atoms with Crippen molar-refractivity contribution in [2.75, 3.05) is 37.7 Å². The second-order valence-electron chi connectivity index (χ2n) is 12.1. The molecule has 0 spiro atoms. The third-order valence-corrected chi connectivity index (χ3v) is 8.81. The lowest BCUT2D eigenvalue weighted by Gasteiger charge is -2.25. The molecule has 5 aromatic rings. The Hall–Kier alpha value is -5.33. The number of ether oxygens (including phenoxy) is 4. The van der Waals surface area contributed by atoms with Crippen LogP contribution in [-0.2, 0) is 31.0 Å². The predicted molar refractivity (Wildman–Crippen MR) is 183 cm³/mol. The molecule has 7 rings (SSSR count). The smallest absolute Gasteiger partial charge is 0.261 e. The van der Waals surface area contributed by atoms with Crippen LogP contribution in [0.4, 0.5) is 11.5 Å². The third-order valence-electron chi connectivity index (χ3n) is 8.81. The monoisotopic (exact) mass is 662 g/mol. The van der Waals surface area contributed by atoms with Crippen LogP contribution >= 0.6 is 0 Å². The van der Waals surface area contributed by atoms with E-state index in [1.54, 1.807) is 37.6 Å². The molecule has 3 aromatic heterocycles. The summed E-state index contributed by atoms with van der Waals surface area (Å²) < 4.78 is 22.4. The molecule has 1 saturated carbocycles. The molecule has 0 atom stereocenters. The topological polar surface area (TPSA) is 141 Å². The summed E-state index contributed by atoms with van der Waals surface area (Å²) in [7, 11) is 3.27. The second kappa shape index (κ2) is 14.0. The quantitative estimate of drug-likeness (QED) is 0.166. The van der Waals surface area contributed by atoms with Crippen molar-refractivity contribution >= 4 is 28.3 Å². The zero-order chi connectivity index (χ0) is 33.9. The van der Waals surface area contributed by atoms with Crippen LogP contribution in [-0.4, -0.2) is 58.4 Å². The number of aliphatic hydroxyl groups excluding tert-OH is 1. The zero-order valence-electron chi connectivity index (χ0n) is 27.7. The first-order valence-corrected chi connectivity index (χ1v) is 16.3. The summed E-state index contributed by atoms with van der Waals surface area (Å²) in [6.07, 6.45) is 5.37. The molecule has 0 unspecified atom stereocenters. The standard InChI is InChI=1S/C37H38N6O6/c1-22-32(10-11-34(41-22)49-13-12-44)43(37(45)26-17-38-35(39-18-26)24-5-6-24)19-23-4-9-28-29-20-48-21-30(29)36(42-31(28)14-23)40-16-25-7-8-27(46-2)15-33(25)47-3/h4,7-11,14-15,17-18,24,44H,5-6,12-13,16,19-21H2,1-3H3,(H,40,42). The Bertz CT molecular complexity index is 2000. The van der Waals surface area contributed by atoms with Gasteiger partial charge < -0.3 is 34.3 Å². The van der Waals surface area contributed by atoms with Gasteiger partial charge in [0.15, 0.2) is 0 Å². The second-order valence-corrected chi connectivity index (χ2v) is 12.1. The number of aromatic nitrogens is 4. The fourth-order valence-electron chi connectivity index (χ4n) is 6.07. The van der Waals surface area contributed by atoms with Crippen LogP contribution in [0, 0.1) is 6.92 Å². The maximum absolute atomic E-state index is 14.1. The van der Waals surface area contributed by atoms with E-state index in [0.29, 0.717) is 48.5 Å². The van der Waals surface area contributed by atoms with Gasteiger partial charge in [0.1, 0.15) is 29.7 Å². The number of nitrogens with zero attached hydrogens (tertiary/aromatic N) is 5. The number of hydrogen-bond donors (Lipinski definition) is 2. The molecule has 2 aromatic carbocycles. The average Bonchev–Trinajstić information content (AvgIpc) is 3.87. The minimum Gasteiger partial charge on any atom is -0.497 e. The zero-order valence-corrected chi connectivity index (χ0v) is 27.7. The van der Waals surface area contributed by atoms with Gasteiger partial charge in [-0.15, -0.1) is 0 Å². The van der Waals surface area contributed by atoms with E-state index >= 15 is 0 Å². The van der Waals surface area contributed by atoms with Gasteiger partial charge in [-0.3, -0.25) is 4.79 Å². The Morgan fingerprint density at radius 3 is 2.55 bits per heavy atom. The number of nitrogens with one attached hydrogen (secondary N) is 1. The molecule has 12 nitrogen and oxygen atoms in total. The number of aryl methyl sites for hydroxylation is 1. The normalized spacial score (nSPS) is 13.6. The molecule has 4 heterocycles. The van der Waals surface area contributed by atoms with Crippen molar-refractivity contribution in [1.29, 1.82) is 0 Å². The molecule has 12 heteroatoms. The van der Waals surface area contributed by atoms with Crippen molar-refractivity contribution in [1.82, 2.24) is 19.9 Å². The summed E-state index contributed by atoms with van der Waals surface area (Å²) in [5.41, 5.74) is 6.38. The fourth-order valence-corrected chi connectivity index (χ4v) is 6.07. The largest absolute Gasteiger partial charge is 0.497 e. The number of anilines is 2. The Kier molecular flexibility index (Phi) is 9.23. The van der Waals surface area contributed by atoms with E-state index in [4.69, 9.17) is 23.9 Å². The van der Waals surface area contributed by atoms with Gasteiger partial charge in [0.25, 0.3) is 5.91 Å². The van der Waals surface area contributed by atoms with Crippen LogP contribution < -0.4 is 24.4 Å². The number of methoxy groups -OCH3 is 2. The van der Waals surface area contributed by atoms with Crippen molar-refractivity contribution in [3.05, 3.63) is 100 Å². The van der Waals surface area contributed by atoms with E-state index in [0.717, 1.165) is 69.1 Å². The van der Waals surface area contributed by atoms with E-state index in [2.05, 4.69) is 26.3 Å². The first kappa shape index (κ1) is 32.2. The Labute approximate surface area is 284 Å². The first-order chi connectivity index (χ1) is 23.9. The van der Waals surface area contributed by atoms with Crippen LogP contribution in [0.25, 0.3) is 10.9 Å².